The van der Waals surface area contributed by atoms with Crippen LogP contribution < -0.4 is 10.1 Å². The number of ether oxygens (including phenoxy) is 1. The maximum atomic E-state index is 12.5. The van der Waals surface area contributed by atoms with Gasteiger partial charge in [0.25, 0.3) is 5.89 Å². The van der Waals surface area contributed by atoms with Crippen LogP contribution in [0.15, 0.2) is 47.1 Å². The van der Waals surface area contributed by atoms with Gasteiger partial charge in [-0.3, -0.25) is 9.20 Å². The number of methoxy groups -OCH3 is 1. The van der Waals surface area contributed by atoms with Crippen molar-refractivity contribution >= 4 is 17.2 Å². The first kappa shape index (κ1) is 17.4. The van der Waals surface area contributed by atoms with Gasteiger partial charge in [0.15, 0.2) is 11.5 Å². The van der Waals surface area contributed by atoms with Crippen molar-refractivity contribution in [2.24, 2.45) is 0 Å². The molecule has 4 aromatic rings. The monoisotopic (exact) mass is 390 g/mol. The van der Waals surface area contributed by atoms with E-state index in [0.29, 0.717) is 40.3 Å². The van der Waals surface area contributed by atoms with Gasteiger partial charge in [-0.15, -0.1) is 10.2 Å². The summed E-state index contributed by atoms with van der Waals surface area (Å²) in [5, 5.41) is 15.3. The summed E-state index contributed by atoms with van der Waals surface area (Å²) in [7, 11) is 1.58. The number of carbonyl (C=O) groups excluding carboxylic acids is 1. The number of anilines is 1. The van der Waals surface area contributed by atoms with Gasteiger partial charge in [-0.25, -0.2) is 0 Å². The highest BCUT2D eigenvalue weighted by Gasteiger charge is 2.29. The minimum Gasteiger partial charge on any atom is -0.497 e. The predicted octanol–water partition coefficient (Wildman–Crippen LogP) is 2.85. The van der Waals surface area contributed by atoms with E-state index in [1.165, 1.54) is 0 Å². The Balaban J connectivity index is 1.38. The molecule has 0 atom stereocenters. The fourth-order valence-corrected chi connectivity index (χ4v) is 3.15. The first-order valence-electron chi connectivity index (χ1n) is 9.32. The first-order valence-corrected chi connectivity index (χ1v) is 9.32. The van der Waals surface area contributed by atoms with Crippen LogP contribution in [0.3, 0.4) is 0 Å². The van der Waals surface area contributed by atoms with Gasteiger partial charge in [0.05, 0.1) is 19.1 Å². The number of hydrogen-bond acceptors (Lipinski definition) is 7. The maximum absolute atomic E-state index is 12.5. The molecule has 1 aliphatic carbocycles. The van der Waals surface area contributed by atoms with Crippen LogP contribution in [-0.2, 0) is 11.2 Å². The van der Waals surface area contributed by atoms with Gasteiger partial charge in [-0.05, 0) is 37.1 Å². The van der Waals surface area contributed by atoms with Gasteiger partial charge in [0.1, 0.15) is 11.6 Å². The van der Waals surface area contributed by atoms with Gasteiger partial charge in [-0.1, -0.05) is 11.2 Å². The average molecular weight is 390 g/mol. The first-order chi connectivity index (χ1) is 14.2. The van der Waals surface area contributed by atoms with E-state index in [-0.39, 0.29) is 12.3 Å². The lowest BCUT2D eigenvalue weighted by atomic mass is 10.2. The van der Waals surface area contributed by atoms with Crippen LogP contribution >= 0.6 is 0 Å². The minimum atomic E-state index is -0.202. The molecule has 29 heavy (non-hydrogen) atoms. The molecule has 1 fully saturated rings. The van der Waals surface area contributed by atoms with Crippen LogP contribution in [0, 0.1) is 0 Å². The number of fused-ring (bicyclic) bond motifs is 1. The average Bonchev–Trinajstić information content (AvgIpc) is 3.33. The molecule has 1 aromatic carbocycles. The molecule has 3 heterocycles. The molecule has 3 aromatic heterocycles. The van der Waals surface area contributed by atoms with Crippen molar-refractivity contribution in [3.05, 3.63) is 54.2 Å². The Bertz CT molecular complexity index is 1190. The second-order valence-electron chi connectivity index (χ2n) is 6.92. The van der Waals surface area contributed by atoms with E-state index < -0.39 is 0 Å². The van der Waals surface area contributed by atoms with E-state index in [2.05, 4.69) is 25.7 Å². The molecule has 0 radical (unpaired) electrons. The smallest absolute Gasteiger partial charge is 0.261 e. The molecule has 5 rings (SSSR count). The van der Waals surface area contributed by atoms with Crippen LogP contribution in [0.1, 0.15) is 30.4 Å². The molecular formula is C20H18N6O3. The van der Waals surface area contributed by atoms with Crippen LogP contribution in [0.5, 0.6) is 5.75 Å². The van der Waals surface area contributed by atoms with Crippen LogP contribution in [0.2, 0.25) is 0 Å². The highest BCUT2D eigenvalue weighted by atomic mass is 16.5. The predicted molar refractivity (Wildman–Crippen MR) is 104 cm³/mol. The number of rotatable bonds is 6. The van der Waals surface area contributed by atoms with Crippen molar-refractivity contribution in [1.82, 2.24) is 24.7 Å². The van der Waals surface area contributed by atoms with Gasteiger partial charge in [0, 0.05) is 23.9 Å². The zero-order valence-corrected chi connectivity index (χ0v) is 15.7. The lowest BCUT2D eigenvalue weighted by Crippen LogP contribution is -2.16. The molecule has 1 aliphatic rings. The summed E-state index contributed by atoms with van der Waals surface area (Å²) in [6.07, 6.45) is 4.07. The van der Waals surface area contributed by atoms with Crippen molar-refractivity contribution < 1.29 is 14.1 Å². The fraction of sp³-hybridized carbons (Fsp3) is 0.250. The molecule has 1 amide bonds. The topological polar surface area (TPSA) is 107 Å². The highest BCUT2D eigenvalue weighted by Crippen LogP contribution is 2.39. The lowest BCUT2D eigenvalue weighted by Gasteiger charge is -2.06. The molecule has 146 valence electrons. The Labute approximate surface area is 165 Å². The molecule has 0 bridgehead atoms. The number of nitrogens with zero attached hydrogens (tertiary/aromatic N) is 5. The quantitative estimate of drug-likeness (QED) is 0.539. The summed E-state index contributed by atoms with van der Waals surface area (Å²) in [5.41, 5.74) is 1.92. The summed E-state index contributed by atoms with van der Waals surface area (Å²) < 4.78 is 12.4. The Morgan fingerprint density at radius 2 is 2.17 bits per heavy atom. The molecule has 0 unspecified atom stereocenters. The van der Waals surface area contributed by atoms with Crippen molar-refractivity contribution in [2.75, 3.05) is 12.4 Å². The van der Waals surface area contributed by atoms with E-state index in [9.17, 15) is 4.79 Å². The molecule has 0 saturated heterocycles. The number of benzene rings is 1. The second-order valence-corrected chi connectivity index (χ2v) is 6.92. The molecule has 0 spiro atoms. The highest BCUT2D eigenvalue weighted by molar-refractivity contribution is 5.92. The number of aromatic nitrogens is 5. The standard InChI is InChI=1S/C20H18N6O3/c1-28-14-5-2-4-13(10-14)21-17(27)11-16-23-24-19-15(6-3-9-26(16)19)20-22-18(25-29-20)12-7-8-12/h2-6,9-10,12H,7-8,11H2,1H3,(H,21,27). The van der Waals surface area contributed by atoms with Crippen LogP contribution in [-0.4, -0.2) is 37.8 Å². The van der Waals surface area contributed by atoms with E-state index in [1.54, 1.807) is 23.6 Å². The van der Waals surface area contributed by atoms with Crippen LogP contribution in [0.4, 0.5) is 5.69 Å². The third-order valence-electron chi connectivity index (χ3n) is 4.79. The van der Waals surface area contributed by atoms with E-state index in [4.69, 9.17) is 9.26 Å². The maximum Gasteiger partial charge on any atom is 0.261 e. The molecule has 1 N–H and O–H groups in total. The van der Waals surface area contributed by atoms with Crippen LogP contribution in [0.25, 0.3) is 17.1 Å². The lowest BCUT2D eigenvalue weighted by molar-refractivity contribution is -0.115. The SMILES string of the molecule is COc1cccc(NC(=O)Cc2nnc3c(-c4nc(C5CC5)no4)cccn23)c1. The van der Waals surface area contributed by atoms with E-state index in [1.807, 2.05) is 30.5 Å². The third kappa shape index (κ3) is 3.42. The Morgan fingerprint density at radius 1 is 1.28 bits per heavy atom. The number of nitrogens with one attached hydrogen (secondary N) is 1. The minimum absolute atomic E-state index is 0.0684. The summed E-state index contributed by atoms with van der Waals surface area (Å²) >= 11 is 0. The number of amides is 1. The third-order valence-corrected chi connectivity index (χ3v) is 4.79. The van der Waals surface area contributed by atoms with Gasteiger partial charge in [0.2, 0.25) is 5.91 Å². The Morgan fingerprint density at radius 3 is 3.00 bits per heavy atom. The molecular weight excluding hydrogens is 372 g/mol. The van der Waals surface area contributed by atoms with Crippen molar-refractivity contribution in [2.45, 2.75) is 25.2 Å². The van der Waals surface area contributed by atoms with Gasteiger partial charge < -0.3 is 14.6 Å². The van der Waals surface area contributed by atoms with Crippen molar-refractivity contribution in [3.63, 3.8) is 0 Å². The normalized spacial score (nSPS) is 13.6. The van der Waals surface area contributed by atoms with Crippen molar-refractivity contribution in [3.8, 4) is 17.2 Å². The number of hydrogen-bond donors (Lipinski definition) is 1. The Kier molecular flexibility index (Phi) is 4.19. The molecule has 9 nitrogen and oxygen atoms in total. The number of carbonyl (C=O) groups is 1. The van der Waals surface area contributed by atoms with Crippen molar-refractivity contribution in [1.29, 1.82) is 0 Å². The Hall–Kier alpha value is -3.75. The van der Waals surface area contributed by atoms with E-state index >= 15 is 0 Å². The zero-order chi connectivity index (χ0) is 19.8. The number of pyridine rings is 1. The molecule has 9 heteroatoms. The fourth-order valence-electron chi connectivity index (χ4n) is 3.15. The summed E-state index contributed by atoms with van der Waals surface area (Å²) in [5.74, 6) is 2.54. The summed E-state index contributed by atoms with van der Waals surface area (Å²) in [6.45, 7) is 0. The summed E-state index contributed by atoms with van der Waals surface area (Å²) in [4.78, 5) is 17.0. The second kappa shape index (κ2) is 7.01. The zero-order valence-electron chi connectivity index (χ0n) is 15.7. The largest absolute Gasteiger partial charge is 0.497 e. The molecule has 1 saturated carbocycles. The summed E-state index contributed by atoms with van der Waals surface area (Å²) in [6, 6.07) is 10.9. The van der Waals surface area contributed by atoms with Gasteiger partial charge >= 0.3 is 0 Å². The molecule has 0 aliphatic heterocycles. The van der Waals surface area contributed by atoms with Gasteiger partial charge in [-0.2, -0.15) is 4.98 Å². The van der Waals surface area contributed by atoms with E-state index in [0.717, 1.165) is 18.7 Å².